The fourth-order valence-corrected chi connectivity index (χ4v) is 6.33. The second kappa shape index (κ2) is 9.14. The van der Waals surface area contributed by atoms with Crippen LogP contribution in [-0.2, 0) is 4.79 Å². The lowest BCUT2D eigenvalue weighted by Crippen LogP contribution is -2.55. The minimum atomic E-state index is -0.995. The van der Waals surface area contributed by atoms with Crippen LogP contribution in [0.1, 0.15) is 41.1 Å². The van der Waals surface area contributed by atoms with Gasteiger partial charge < -0.3 is 4.90 Å². The molecule has 3 atom stereocenters. The van der Waals surface area contributed by atoms with E-state index in [1.54, 1.807) is 5.01 Å². The Balaban J connectivity index is 1.68. The Morgan fingerprint density at radius 3 is 2.11 bits per heavy atom. The summed E-state index contributed by atoms with van der Waals surface area (Å²) >= 11 is 0. The first-order chi connectivity index (χ1) is 18.5. The Morgan fingerprint density at radius 2 is 1.42 bits per heavy atom. The molecule has 6 rings (SSSR count). The molecule has 38 heavy (non-hydrogen) atoms. The molecule has 0 bridgehead atoms. The summed E-state index contributed by atoms with van der Waals surface area (Å²) in [4.78, 5) is 17.3. The van der Waals surface area contributed by atoms with Crippen molar-refractivity contribution in [3.05, 3.63) is 138 Å². The zero-order valence-corrected chi connectivity index (χ0v) is 22.0. The molecule has 0 aliphatic carbocycles. The smallest absolute Gasteiger partial charge is 0.262 e. The molecule has 0 radical (unpaired) electrons. The van der Waals surface area contributed by atoms with Crippen LogP contribution in [0.15, 0.2) is 121 Å². The molecular formula is C34H31N3O. The van der Waals surface area contributed by atoms with E-state index >= 15 is 0 Å². The maximum absolute atomic E-state index is 14.9. The van der Waals surface area contributed by atoms with Gasteiger partial charge >= 0.3 is 0 Å². The van der Waals surface area contributed by atoms with Crippen LogP contribution >= 0.6 is 0 Å². The molecule has 4 aromatic carbocycles. The molecule has 4 heteroatoms. The predicted octanol–water partition coefficient (Wildman–Crippen LogP) is 7.88. The third-order valence-corrected chi connectivity index (χ3v) is 8.11. The number of hydrogen-bond donors (Lipinski definition) is 0. The van der Waals surface area contributed by atoms with Crippen molar-refractivity contribution >= 4 is 28.7 Å². The predicted molar refractivity (Wildman–Crippen MR) is 156 cm³/mol. The second-order valence-corrected chi connectivity index (χ2v) is 10.2. The van der Waals surface area contributed by atoms with Gasteiger partial charge in [0.25, 0.3) is 5.91 Å². The van der Waals surface area contributed by atoms with Crippen LogP contribution < -0.4 is 9.91 Å². The van der Waals surface area contributed by atoms with Gasteiger partial charge in [0.15, 0.2) is 0 Å². The number of nitrogens with zero attached hydrogens (tertiary/aromatic N) is 3. The fraction of sp³-hybridized carbons (Fsp3) is 0.176. The normalized spacial score (nSPS) is 22.4. The van der Waals surface area contributed by atoms with Gasteiger partial charge in [-0.05, 0) is 61.7 Å². The first-order valence-electron chi connectivity index (χ1n) is 13.1. The third kappa shape index (κ3) is 3.37. The Kier molecular flexibility index (Phi) is 5.76. The number of anilines is 3. The number of para-hydroxylation sites is 2. The summed E-state index contributed by atoms with van der Waals surface area (Å²) in [6, 6.07) is 34.8. The van der Waals surface area contributed by atoms with Crippen molar-refractivity contribution in [3.63, 3.8) is 0 Å². The van der Waals surface area contributed by atoms with Gasteiger partial charge in [0.2, 0.25) is 0 Å². The maximum Gasteiger partial charge on any atom is 0.262 e. The Morgan fingerprint density at radius 1 is 0.789 bits per heavy atom. The number of hydrogen-bond acceptors (Lipinski definition) is 3. The van der Waals surface area contributed by atoms with Gasteiger partial charge in [-0.3, -0.25) is 4.79 Å². The Bertz CT molecular complexity index is 1560. The topological polar surface area (TPSA) is 35.9 Å². The number of hydrazone groups is 1. The molecule has 1 amide bonds. The van der Waals surface area contributed by atoms with Crippen LogP contribution in [0, 0.1) is 19.3 Å². The summed E-state index contributed by atoms with van der Waals surface area (Å²) in [6.07, 6.45) is 1.94. The summed E-state index contributed by atoms with van der Waals surface area (Å²) in [6.45, 7) is 10.5. The average molecular weight is 498 g/mol. The number of amides is 1. The molecule has 0 N–H and O–H groups in total. The van der Waals surface area contributed by atoms with Gasteiger partial charge in [-0.1, -0.05) is 90.5 Å². The second-order valence-electron chi connectivity index (χ2n) is 10.2. The Labute approximate surface area is 224 Å². The molecule has 2 aliphatic heterocycles. The van der Waals surface area contributed by atoms with Crippen LogP contribution in [0.4, 0.5) is 17.1 Å². The lowest BCUT2D eigenvalue weighted by molar-refractivity contribution is -0.125. The number of carbonyl (C=O) groups is 1. The minimum absolute atomic E-state index is 0.0364. The molecular weight excluding hydrogens is 466 g/mol. The molecule has 0 fully saturated rings. The van der Waals surface area contributed by atoms with Crippen molar-refractivity contribution < 1.29 is 4.79 Å². The van der Waals surface area contributed by atoms with E-state index in [-0.39, 0.29) is 17.9 Å². The molecule has 188 valence electrons. The number of fused-ring (bicyclic) bond motifs is 1. The van der Waals surface area contributed by atoms with Gasteiger partial charge in [-0.15, -0.1) is 6.58 Å². The van der Waals surface area contributed by atoms with Crippen molar-refractivity contribution in [2.24, 2.45) is 10.5 Å². The highest BCUT2D eigenvalue weighted by Crippen LogP contribution is 2.62. The van der Waals surface area contributed by atoms with E-state index in [0.717, 1.165) is 45.0 Å². The number of aryl methyl sites for hydroxylation is 2. The van der Waals surface area contributed by atoms with Crippen LogP contribution in [0.5, 0.6) is 0 Å². The van der Waals surface area contributed by atoms with Crippen LogP contribution in [0.2, 0.25) is 0 Å². The number of allylic oxidation sites excluding steroid dienone is 1. The van der Waals surface area contributed by atoms with Crippen molar-refractivity contribution in [3.8, 4) is 0 Å². The zero-order valence-electron chi connectivity index (χ0n) is 22.0. The molecule has 0 saturated heterocycles. The van der Waals surface area contributed by atoms with Crippen LogP contribution in [-0.4, -0.2) is 11.6 Å². The summed E-state index contributed by atoms with van der Waals surface area (Å²) in [5.74, 6) is -0.304. The maximum atomic E-state index is 14.9. The highest BCUT2D eigenvalue weighted by Gasteiger charge is 2.63. The van der Waals surface area contributed by atoms with Gasteiger partial charge in [-0.25, -0.2) is 0 Å². The molecule has 0 aromatic heterocycles. The van der Waals surface area contributed by atoms with E-state index < -0.39 is 5.41 Å². The summed E-state index contributed by atoms with van der Waals surface area (Å²) < 4.78 is 0. The van der Waals surface area contributed by atoms with E-state index in [4.69, 9.17) is 5.10 Å². The van der Waals surface area contributed by atoms with E-state index in [1.165, 1.54) is 0 Å². The summed E-state index contributed by atoms with van der Waals surface area (Å²) in [5.41, 5.74) is 7.14. The van der Waals surface area contributed by atoms with Crippen molar-refractivity contribution in [2.75, 3.05) is 9.91 Å². The molecule has 1 spiro atoms. The van der Waals surface area contributed by atoms with E-state index in [2.05, 4.69) is 73.0 Å². The molecule has 2 heterocycles. The summed E-state index contributed by atoms with van der Waals surface area (Å²) in [7, 11) is 0. The molecule has 4 aromatic rings. The fourth-order valence-electron chi connectivity index (χ4n) is 6.33. The number of rotatable bonds is 4. The average Bonchev–Trinajstić information content (AvgIpc) is 3.19. The molecule has 0 saturated carbocycles. The van der Waals surface area contributed by atoms with E-state index in [1.807, 2.05) is 68.5 Å². The lowest BCUT2D eigenvalue weighted by atomic mass is 9.59. The van der Waals surface area contributed by atoms with Crippen molar-refractivity contribution in [1.29, 1.82) is 0 Å². The standard InChI is InChI=1S/C34H31N3O/c1-5-29-28-16-10-12-18-31(28)36(30-17-11-9-13-24(30)3)32(26-14-7-6-8-15-26)34(29)25(4)35-37(33(34)38)27-21-19-23(2)20-22-27/h5-22,29,32H,1H2,2-4H3/t29-,32-,34-/m1/s1. The van der Waals surface area contributed by atoms with Crippen LogP contribution in [0.25, 0.3) is 0 Å². The number of benzene rings is 4. The molecule has 4 nitrogen and oxygen atoms in total. The minimum Gasteiger partial charge on any atom is -0.332 e. The monoisotopic (exact) mass is 497 g/mol. The van der Waals surface area contributed by atoms with E-state index in [9.17, 15) is 4.79 Å². The summed E-state index contributed by atoms with van der Waals surface area (Å²) in [5, 5.41) is 6.57. The lowest BCUT2D eigenvalue weighted by Gasteiger charge is -2.52. The first kappa shape index (κ1) is 23.9. The van der Waals surface area contributed by atoms with Gasteiger partial charge in [0.1, 0.15) is 5.41 Å². The van der Waals surface area contributed by atoms with E-state index in [0.29, 0.717) is 0 Å². The first-order valence-corrected chi connectivity index (χ1v) is 13.1. The van der Waals surface area contributed by atoms with Gasteiger partial charge in [0.05, 0.1) is 17.4 Å². The Hall–Kier alpha value is -4.44. The van der Waals surface area contributed by atoms with Crippen LogP contribution in [0.3, 0.4) is 0 Å². The molecule has 0 unspecified atom stereocenters. The van der Waals surface area contributed by atoms with Gasteiger partial charge in [0, 0.05) is 17.3 Å². The number of carbonyl (C=O) groups excluding carboxylic acids is 1. The SMILES string of the molecule is C=C[C@@H]1c2ccccc2N(c2ccccc2C)[C@H](c2ccccc2)[C@]12C(=O)N(c1ccc(C)cc1)N=C2C. The van der Waals surface area contributed by atoms with Crippen molar-refractivity contribution in [1.82, 2.24) is 0 Å². The third-order valence-electron chi connectivity index (χ3n) is 8.11. The highest BCUT2D eigenvalue weighted by atomic mass is 16.2. The quantitative estimate of drug-likeness (QED) is 0.269. The zero-order chi connectivity index (χ0) is 26.4. The molecule has 2 aliphatic rings. The van der Waals surface area contributed by atoms with Crippen molar-refractivity contribution in [2.45, 2.75) is 32.7 Å². The van der Waals surface area contributed by atoms with Gasteiger partial charge in [-0.2, -0.15) is 10.1 Å². The highest BCUT2D eigenvalue weighted by molar-refractivity contribution is 6.21. The largest absolute Gasteiger partial charge is 0.332 e.